The van der Waals surface area contributed by atoms with Gasteiger partial charge < -0.3 is 0 Å². The van der Waals surface area contributed by atoms with E-state index in [1.54, 1.807) is 10.4 Å². The molecule has 0 radical (unpaired) electrons. The van der Waals surface area contributed by atoms with Crippen molar-refractivity contribution >= 4 is 21.6 Å². The maximum atomic E-state index is 13.1. The van der Waals surface area contributed by atoms with Gasteiger partial charge in [-0.1, -0.05) is 6.07 Å². The zero-order valence-electron chi connectivity index (χ0n) is 12.6. The Labute approximate surface area is 132 Å². The second kappa shape index (κ2) is 5.56. The molecule has 0 amide bonds. The summed E-state index contributed by atoms with van der Waals surface area (Å²) in [5, 5.41) is 0. The third-order valence-corrected chi connectivity index (χ3v) is 6.80. The van der Waals surface area contributed by atoms with Crippen molar-refractivity contribution in [3.63, 3.8) is 0 Å². The number of rotatable bonds is 6. The molecule has 0 spiro atoms. The summed E-state index contributed by atoms with van der Waals surface area (Å²) in [4.78, 5) is 0.441. The van der Waals surface area contributed by atoms with Gasteiger partial charge >= 0.3 is 0 Å². The molecule has 0 atom stereocenters. The van der Waals surface area contributed by atoms with Gasteiger partial charge in [0.2, 0.25) is 10.0 Å². The van der Waals surface area contributed by atoms with E-state index < -0.39 is 10.0 Å². The number of aryl methyl sites for hydroxylation is 2. The maximum absolute atomic E-state index is 13.1. The molecule has 1 aromatic rings. The highest BCUT2D eigenvalue weighted by Gasteiger charge is 2.41. The van der Waals surface area contributed by atoms with Crippen molar-refractivity contribution in [1.82, 2.24) is 4.31 Å². The molecule has 2 aliphatic carbocycles. The van der Waals surface area contributed by atoms with Crippen LogP contribution in [0, 0.1) is 19.8 Å². The summed E-state index contributed by atoms with van der Waals surface area (Å²) in [6.07, 6.45) is 4.33. The molecule has 0 aliphatic heterocycles. The van der Waals surface area contributed by atoms with Gasteiger partial charge in [0.1, 0.15) is 0 Å². The highest BCUT2D eigenvalue weighted by molar-refractivity contribution is 7.89. The van der Waals surface area contributed by atoms with Gasteiger partial charge in [0, 0.05) is 18.5 Å². The lowest BCUT2D eigenvalue weighted by Gasteiger charge is -2.23. The number of hydrogen-bond donors (Lipinski definition) is 0. The Balaban J connectivity index is 1.99. The van der Waals surface area contributed by atoms with Gasteiger partial charge in [0.05, 0.1) is 4.90 Å². The molecule has 1 aromatic carbocycles. The molecule has 0 N–H and O–H groups in total. The average Bonchev–Trinajstić information content (AvgIpc) is 3.28. The van der Waals surface area contributed by atoms with E-state index >= 15 is 0 Å². The van der Waals surface area contributed by atoms with Crippen LogP contribution in [0.1, 0.15) is 42.4 Å². The van der Waals surface area contributed by atoms with Gasteiger partial charge in [-0.2, -0.15) is 4.31 Å². The fourth-order valence-corrected chi connectivity index (χ4v) is 5.09. The molecule has 2 fully saturated rings. The van der Waals surface area contributed by atoms with Crippen molar-refractivity contribution < 1.29 is 8.42 Å². The number of sulfonamides is 1. The van der Waals surface area contributed by atoms with E-state index in [-0.39, 0.29) is 6.04 Å². The quantitative estimate of drug-likeness (QED) is 0.748. The van der Waals surface area contributed by atoms with Crippen LogP contribution in [-0.4, -0.2) is 25.3 Å². The summed E-state index contributed by atoms with van der Waals surface area (Å²) in [5.74, 6) is 0.916. The van der Waals surface area contributed by atoms with Crippen LogP contribution in [0.3, 0.4) is 0 Å². The summed E-state index contributed by atoms with van der Waals surface area (Å²) >= 11 is 5.95. The highest BCUT2D eigenvalue weighted by atomic mass is 35.5. The van der Waals surface area contributed by atoms with Crippen LogP contribution in [0.5, 0.6) is 0 Å². The van der Waals surface area contributed by atoms with Gasteiger partial charge in [-0.3, -0.25) is 0 Å². The summed E-state index contributed by atoms with van der Waals surface area (Å²) in [5.41, 5.74) is 2.78. The Hall–Kier alpha value is -0.580. The summed E-state index contributed by atoms with van der Waals surface area (Å²) in [6, 6.07) is 3.93. The molecule has 2 aliphatic rings. The number of alkyl halides is 1. The molecular formula is C16H22ClNO2S. The highest BCUT2D eigenvalue weighted by Crippen LogP contribution is 2.38. The van der Waals surface area contributed by atoms with Gasteiger partial charge in [-0.15, -0.1) is 11.6 Å². The largest absolute Gasteiger partial charge is 0.243 e. The van der Waals surface area contributed by atoms with Crippen molar-refractivity contribution in [2.45, 2.75) is 56.3 Å². The smallest absolute Gasteiger partial charge is 0.207 e. The first-order valence-electron chi connectivity index (χ1n) is 7.61. The normalized spacial score (nSPS) is 19.2. The standard InChI is InChI=1S/C16H22ClNO2S/c1-11-7-12(2)16(8-14(11)9-17)21(19,20)18(15-5-6-15)10-13-3-4-13/h7-8,13,15H,3-6,9-10H2,1-2H3. The summed E-state index contributed by atoms with van der Waals surface area (Å²) in [6.45, 7) is 4.54. The average molecular weight is 328 g/mol. The topological polar surface area (TPSA) is 37.4 Å². The molecule has 116 valence electrons. The zero-order chi connectivity index (χ0) is 15.2. The molecule has 0 saturated heterocycles. The molecule has 3 nitrogen and oxygen atoms in total. The monoisotopic (exact) mass is 327 g/mol. The first kappa shape index (κ1) is 15.3. The van der Waals surface area contributed by atoms with Crippen molar-refractivity contribution in [2.75, 3.05) is 6.54 Å². The minimum atomic E-state index is -3.40. The van der Waals surface area contributed by atoms with Crippen LogP contribution >= 0.6 is 11.6 Å². The second-order valence-electron chi connectivity index (χ2n) is 6.43. The van der Waals surface area contributed by atoms with Crippen molar-refractivity contribution in [2.24, 2.45) is 5.92 Å². The lowest BCUT2D eigenvalue weighted by Crippen LogP contribution is -2.35. The minimum Gasteiger partial charge on any atom is -0.207 e. The fourth-order valence-electron chi connectivity index (χ4n) is 2.78. The Kier molecular flexibility index (Phi) is 4.06. The number of nitrogens with zero attached hydrogens (tertiary/aromatic N) is 1. The predicted molar refractivity (Wildman–Crippen MR) is 85.1 cm³/mol. The summed E-state index contributed by atoms with van der Waals surface area (Å²) < 4.78 is 27.9. The molecular weight excluding hydrogens is 306 g/mol. The second-order valence-corrected chi connectivity index (χ2v) is 8.55. The first-order chi connectivity index (χ1) is 9.93. The predicted octanol–water partition coefficient (Wildman–Crippen LogP) is 3.61. The maximum Gasteiger partial charge on any atom is 0.243 e. The van der Waals surface area contributed by atoms with Gasteiger partial charge in [-0.05, 0) is 68.2 Å². The van der Waals surface area contributed by atoms with Crippen LogP contribution in [-0.2, 0) is 15.9 Å². The third kappa shape index (κ3) is 3.13. The number of hydrogen-bond acceptors (Lipinski definition) is 2. The van der Waals surface area contributed by atoms with E-state index in [1.165, 1.54) is 12.8 Å². The Bertz CT molecular complexity index is 648. The van der Waals surface area contributed by atoms with Crippen molar-refractivity contribution in [3.05, 3.63) is 28.8 Å². The molecule has 21 heavy (non-hydrogen) atoms. The third-order valence-electron chi connectivity index (χ3n) is 4.45. The lowest BCUT2D eigenvalue weighted by atomic mass is 10.1. The minimum absolute atomic E-state index is 0.218. The first-order valence-corrected chi connectivity index (χ1v) is 9.59. The van der Waals surface area contributed by atoms with E-state index in [9.17, 15) is 8.42 Å². The number of halogens is 1. The van der Waals surface area contributed by atoms with Crippen LogP contribution in [0.15, 0.2) is 17.0 Å². The van der Waals surface area contributed by atoms with E-state index in [2.05, 4.69) is 0 Å². The SMILES string of the molecule is Cc1cc(C)c(S(=O)(=O)N(CC2CC2)C2CC2)cc1CCl. The molecule has 0 unspecified atom stereocenters. The van der Waals surface area contributed by atoms with Crippen molar-refractivity contribution in [1.29, 1.82) is 0 Å². The van der Waals surface area contributed by atoms with Crippen molar-refractivity contribution in [3.8, 4) is 0 Å². The number of benzene rings is 1. The van der Waals surface area contributed by atoms with Gasteiger partial charge in [0.25, 0.3) is 0 Å². The van der Waals surface area contributed by atoms with Crippen LogP contribution in [0.25, 0.3) is 0 Å². The molecule has 0 aromatic heterocycles. The van der Waals surface area contributed by atoms with E-state index in [0.717, 1.165) is 29.5 Å². The molecule has 0 heterocycles. The Morgan fingerprint density at radius 2 is 1.81 bits per heavy atom. The summed E-state index contributed by atoms with van der Waals surface area (Å²) in [7, 11) is -3.40. The Morgan fingerprint density at radius 3 is 2.33 bits per heavy atom. The van der Waals surface area contributed by atoms with Gasteiger partial charge in [-0.25, -0.2) is 8.42 Å². The van der Waals surface area contributed by atoms with E-state index in [1.807, 2.05) is 19.9 Å². The Morgan fingerprint density at radius 1 is 1.14 bits per heavy atom. The molecule has 0 bridgehead atoms. The fraction of sp³-hybridized carbons (Fsp3) is 0.625. The van der Waals surface area contributed by atoms with Gasteiger partial charge in [0.15, 0.2) is 0 Å². The van der Waals surface area contributed by atoms with E-state index in [0.29, 0.717) is 23.2 Å². The molecule has 5 heteroatoms. The van der Waals surface area contributed by atoms with Crippen LogP contribution < -0.4 is 0 Å². The lowest BCUT2D eigenvalue weighted by molar-refractivity contribution is 0.388. The van der Waals surface area contributed by atoms with E-state index in [4.69, 9.17) is 11.6 Å². The van der Waals surface area contributed by atoms with Crippen LogP contribution in [0.2, 0.25) is 0 Å². The molecule has 3 rings (SSSR count). The zero-order valence-corrected chi connectivity index (χ0v) is 14.2. The van der Waals surface area contributed by atoms with Crippen LogP contribution in [0.4, 0.5) is 0 Å². The molecule has 2 saturated carbocycles.